The van der Waals surface area contributed by atoms with Crippen LogP contribution in [0, 0.1) is 0 Å². The minimum atomic E-state index is -0.173. The summed E-state index contributed by atoms with van der Waals surface area (Å²) in [5, 5.41) is 4.15. The van der Waals surface area contributed by atoms with Crippen LogP contribution in [0.5, 0.6) is 0 Å². The molecule has 0 aliphatic rings. The largest absolute Gasteiger partial charge is 0.469 e. The van der Waals surface area contributed by atoms with Gasteiger partial charge in [-0.1, -0.05) is 17.4 Å². The Kier molecular flexibility index (Phi) is 4.15. The molecule has 1 aromatic carbocycles. The maximum Gasteiger partial charge on any atom is 0.305 e. The second-order valence-corrected chi connectivity index (χ2v) is 4.96. The Morgan fingerprint density at radius 1 is 1.50 bits per heavy atom. The molecule has 0 saturated carbocycles. The number of methoxy groups -OCH3 is 1. The Morgan fingerprint density at radius 3 is 3.06 bits per heavy atom. The topological polar surface area (TPSA) is 51.2 Å². The fourth-order valence-corrected chi connectivity index (χ4v) is 2.70. The van der Waals surface area contributed by atoms with Crippen LogP contribution in [-0.2, 0) is 16.0 Å². The van der Waals surface area contributed by atoms with Gasteiger partial charge in [0.25, 0.3) is 0 Å². The van der Waals surface area contributed by atoms with Gasteiger partial charge in [-0.05, 0) is 31.0 Å². The summed E-state index contributed by atoms with van der Waals surface area (Å²) < 4.78 is 5.78. The molecule has 4 nitrogen and oxygen atoms in total. The van der Waals surface area contributed by atoms with E-state index in [9.17, 15) is 4.79 Å². The number of thiazole rings is 1. The zero-order valence-electron chi connectivity index (χ0n) is 10.5. The van der Waals surface area contributed by atoms with Gasteiger partial charge in [0, 0.05) is 13.0 Å². The molecule has 0 fully saturated rings. The zero-order chi connectivity index (χ0) is 13.0. The number of carbonyl (C=O) groups is 1. The third kappa shape index (κ3) is 2.98. The van der Waals surface area contributed by atoms with Crippen LogP contribution in [0.25, 0.3) is 10.2 Å². The predicted octanol–water partition coefficient (Wildman–Crippen LogP) is 2.83. The lowest BCUT2D eigenvalue weighted by Crippen LogP contribution is -2.01. The molecule has 5 heteroatoms. The van der Waals surface area contributed by atoms with Gasteiger partial charge in [-0.2, -0.15) is 0 Å². The molecule has 1 N–H and O–H groups in total. The second kappa shape index (κ2) is 5.82. The van der Waals surface area contributed by atoms with Gasteiger partial charge < -0.3 is 10.1 Å². The molecular weight excluding hydrogens is 248 g/mol. The highest BCUT2D eigenvalue weighted by Crippen LogP contribution is 2.27. The smallest absolute Gasteiger partial charge is 0.305 e. The Hall–Kier alpha value is -1.62. The number of aromatic nitrogens is 1. The third-order valence-electron chi connectivity index (χ3n) is 2.63. The quantitative estimate of drug-likeness (QED) is 0.844. The van der Waals surface area contributed by atoms with Crippen LogP contribution < -0.4 is 5.32 Å². The molecule has 0 aliphatic heterocycles. The van der Waals surface area contributed by atoms with Gasteiger partial charge in [-0.25, -0.2) is 4.98 Å². The number of ether oxygens (including phenoxy) is 1. The first-order valence-electron chi connectivity index (χ1n) is 5.93. The third-order valence-corrected chi connectivity index (χ3v) is 3.60. The van der Waals surface area contributed by atoms with Crippen LogP contribution in [0.15, 0.2) is 18.2 Å². The van der Waals surface area contributed by atoms with Crippen molar-refractivity contribution in [1.29, 1.82) is 0 Å². The molecule has 0 saturated heterocycles. The molecule has 0 atom stereocenters. The van der Waals surface area contributed by atoms with E-state index in [-0.39, 0.29) is 5.97 Å². The maximum absolute atomic E-state index is 11.1. The maximum atomic E-state index is 11.1. The summed E-state index contributed by atoms with van der Waals surface area (Å²) in [7, 11) is 1.41. The van der Waals surface area contributed by atoms with Gasteiger partial charge in [0.1, 0.15) is 0 Å². The number of aryl methyl sites for hydroxylation is 1. The molecule has 0 radical (unpaired) electrons. The fourth-order valence-electron chi connectivity index (χ4n) is 1.70. The van der Waals surface area contributed by atoms with Gasteiger partial charge in [0.15, 0.2) is 5.13 Å². The van der Waals surface area contributed by atoms with E-state index in [0.717, 1.165) is 27.5 Å². The SMILES string of the molecule is CCNc1nc2ccc(CCC(=O)OC)cc2s1. The van der Waals surface area contributed by atoms with Crippen molar-refractivity contribution in [3.8, 4) is 0 Å². The van der Waals surface area contributed by atoms with Crippen molar-refractivity contribution in [1.82, 2.24) is 4.98 Å². The highest BCUT2D eigenvalue weighted by atomic mass is 32.1. The van der Waals surface area contributed by atoms with Crippen molar-refractivity contribution < 1.29 is 9.53 Å². The van der Waals surface area contributed by atoms with Gasteiger partial charge >= 0.3 is 5.97 Å². The molecule has 96 valence electrons. The number of fused-ring (bicyclic) bond motifs is 1. The number of rotatable bonds is 5. The molecule has 2 aromatic rings. The summed E-state index contributed by atoms with van der Waals surface area (Å²) in [5.41, 5.74) is 2.14. The number of nitrogens with one attached hydrogen (secondary N) is 1. The van der Waals surface area contributed by atoms with E-state index in [2.05, 4.69) is 21.1 Å². The van der Waals surface area contributed by atoms with E-state index in [4.69, 9.17) is 0 Å². The normalized spacial score (nSPS) is 10.6. The molecule has 0 unspecified atom stereocenters. The summed E-state index contributed by atoms with van der Waals surface area (Å²) in [5.74, 6) is -0.173. The average Bonchev–Trinajstić information content (AvgIpc) is 2.77. The van der Waals surface area contributed by atoms with Crippen molar-refractivity contribution in [2.24, 2.45) is 0 Å². The summed E-state index contributed by atoms with van der Waals surface area (Å²) >= 11 is 1.64. The summed E-state index contributed by atoms with van der Waals surface area (Å²) in [6, 6.07) is 6.11. The van der Waals surface area contributed by atoms with Gasteiger partial charge in [0.2, 0.25) is 0 Å². The number of esters is 1. The van der Waals surface area contributed by atoms with Crippen LogP contribution in [0.2, 0.25) is 0 Å². The van der Waals surface area contributed by atoms with E-state index in [1.807, 2.05) is 19.1 Å². The summed E-state index contributed by atoms with van der Waals surface area (Å²) in [4.78, 5) is 15.6. The van der Waals surface area contributed by atoms with Crippen LogP contribution in [0.3, 0.4) is 0 Å². The minimum absolute atomic E-state index is 0.173. The van der Waals surface area contributed by atoms with Gasteiger partial charge in [0.05, 0.1) is 17.3 Å². The highest BCUT2D eigenvalue weighted by Gasteiger charge is 2.06. The monoisotopic (exact) mass is 264 g/mol. The number of anilines is 1. The number of benzene rings is 1. The van der Waals surface area contributed by atoms with E-state index in [1.165, 1.54) is 7.11 Å². The van der Waals surface area contributed by atoms with Gasteiger partial charge in [-0.3, -0.25) is 4.79 Å². The highest BCUT2D eigenvalue weighted by molar-refractivity contribution is 7.22. The standard InChI is InChI=1S/C13H16N2O2S/c1-3-14-13-15-10-6-4-9(8-11(10)18-13)5-7-12(16)17-2/h4,6,8H,3,5,7H2,1-2H3,(H,14,15). The van der Waals surface area contributed by atoms with Gasteiger partial charge in [-0.15, -0.1) is 0 Å². The lowest BCUT2D eigenvalue weighted by atomic mass is 10.1. The molecular formula is C13H16N2O2S. The first kappa shape index (κ1) is 12.8. The van der Waals surface area contributed by atoms with Crippen molar-refractivity contribution in [3.05, 3.63) is 23.8 Å². The number of nitrogens with zero attached hydrogens (tertiary/aromatic N) is 1. The Labute approximate surface area is 110 Å². The molecule has 0 spiro atoms. The molecule has 0 amide bonds. The number of hydrogen-bond donors (Lipinski definition) is 1. The summed E-state index contributed by atoms with van der Waals surface area (Å²) in [6.45, 7) is 2.92. The predicted molar refractivity (Wildman–Crippen MR) is 74.1 cm³/mol. The van der Waals surface area contributed by atoms with E-state index >= 15 is 0 Å². The van der Waals surface area contributed by atoms with Crippen LogP contribution in [0.4, 0.5) is 5.13 Å². The molecule has 2 rings (SSSR count). The molecule has 0 bridgehead atoms. The van der Waals surface area contributed by atoms with Crippen molar-refractivity contribution in [2.45, 2.75) is 19.8 Å². The average molecular weight is 264 g/mol. The molecule has 1 heterocycles. The summed E-state index contributed by atoms with van der Waals surface area (Å²) in [6.07, 6.45) is 1.12. The van der Waals surface area contributed by atoms with Crippen molar-refractivity contribution in [3.63, 3.8) is 0 Å². The minimum Gasteiger partial charge on any atom is -0.469 e. The Morgan fingerprint density at radius 2 is 2.33 bits per heavy atom. The van der Waals surface area contributed by atoms with E-state index in [0.29, 0.717) is 12.8 Å². The number of carbonyl (C=O) groups excluding carboxylic acids is 1. The van der Waals surface area contributed by atoms with Crippen LogP contribution in [0.1, 0.15) is 18.9 Å². The zero-order valence-corrected chi connectivity index (χ0v) is 11.3. The first-order valence-corrected chi connectivity index (χ1v) is 6.74. The van der Waals surface area contributed by atoms with E-state index < -0.39 is 0 Å². The van der Waals surface area contributed by atoms with E-state index in [1.54, 1.807) is 11.3 Å². The Balaban J connectivity index is 2.13. The molecule has 18 heavy (non-hydrogen) atoms. The first-order chi connectivity index (χ1) is 8.72. The van der Waals surface area contributed by atoms with Crippen molar-refractivity contribution >= 4 is 32.7 Å². The van der Waals surface area contributed by atoms with Crippen LogP contribution >= 0.6 is 11.3 Å². The Bertz CT molecular complexity index is 551. The van der Waals surface area contributed by atoms with Crippen LogP contribution in [-0.4, -0.2) is 24.6 Å². The second-order valence-electron chi connectivity index (χ2n) is 3.93. The lowest BCUT2D eigenvalue weighted by molar-refractivity contribution is -0.140. The molecule has 1 aromatic heterocycles. The fraction of sp³-hybridized carbons (Fsp3) is 0.385. The van der Waals surface area contributed by atoms with Crippen molar-refractivity contribution in [2.75, 3.05) is 19.0 Å². The number of hydrogen-bond acceptors (Lipinski definition) is 5. The lowest BCUT2D eigenvalue weighted by Gasteiger charge is -2.00. The molecule has 0 aliphatic carbocycles.